The van der Waals surface area contributed by atoms with Gasteiger partial charge in [0.05, 0.1) is 11.6 Å². The van der Waals surface area contributed by atoms with Crippen LogP contribution in [-0.4, -0.2) is 60.4 Å². The van der Waals surface area contributed by atoms with E-state index in [4.69, 9.17) is 4.74 Å². The lowest BCUT2D eigenvalue weighted by Gasteiger charge is -2.27. The number of rotatable bonds is 8. The Morgan fingerprint density at radius 2 is 1.71 bits per heavy atom. The average Bonchev–Trinajstić information content (AvgIpc) is 3.05. The molecule has 0 unspecified atom stereocenters. The molecule has 1 heterocycles. The highest BCUT2D eigenvalue weighted by Gasteiger charge is 2.45. The molecule has 0 aromatic heterocycles. The minimum absolute atomic E-state index is 0.0271. The molecule has 6 heteroatoms. The maximum atomic E-state index is 13.1. The van der Waals surface area contributed by atoms with Gasteiger partial charge in [-0.05, 0) is 54.9 Å². The molecule has 1 N–H and O–H groups in total. The first kappa shape index (κ1) is 25.2. The summed E-state index contributed by atoms with van der Waals surface area (Å²) < 4.78 is 5.50. The van der Waals surface area contributed by atoms with E-state index in [1.54, 1.807) is 35.2 Å². The number of Topliss-reactive ketones (excluding diaryl/α,β-unsaturated/α-hetero) is 1. The van der Waals surface area contributed by atoms with Crippen molar-refractivity contribution in [1.29, 1.82) is 0 Å². The fourth-order valence-electron chi connectivity index (χ4n) is 3.95. The zero-order valence-electron chi connectivity index (χ0n) is 20.7. The lowest BCUT2D eigenvalue weighted by Crippen LogP contribution is -2.35. The molecule has 2 aromatic carbocycles. The van der Waals surface area contributed by atoms with Crippen molar-refractivity contribution in [2.45, 2.75) is 32.2 Å². The molecule has 0 bridgehead atoms. The van der Waals surface area contributed by atoms with Gasteiger partial charge < -0.3 is 19.6 Å². The second-order valence-corrected chi connectivity index (χ2v) is 9.79. The van der Waals surface area contributed by atoms with Gasteiger partial charge >= 0.3 is 0 Å². The van der Waals surface area contributed by atoms with Gasteiger partial charge in [0.2, 0.25) is 0 Å². The van der Waals surface area contributed by atoms with Gasteiger partial charge in [0, 0.05) is 18.7 Å². The SMILES string of the molecule is C=CCOc1ccc(/C(O)=C2\C(=O)C(=O)N(CCN(C)C)[C@H]2c2ccc(C(C)(C)C)cc2)cc1. The van der Waals surface area contributed by atoms with Gasteiger partial charge in [-0.2, -0.15) is 0 Å². The zero-order valence-corrected chi connectivity index (χ0v) is 20.7. The third kappa shape index (κ3) is 5.39. The van der Waals surface area contributed by atoms with Crippen LogP contribution >= 0.6 is 0 Å². The van der Waals surface area contributed by atoms with E-state index in [1.807, 2.05) is 43.3 Å². The predicted molar refractivity (Wildman–Crippen MR) is 135 cm³/mol. The summed E-state index contributed by atoms with van der Waals surface area (Å²) in [7, 11) is 3.83. The van der Waals surface area contributed by atoms with E-state index in [9.17, 15) is 14.7 Å². The van der Waals surface area contributed by atoms with E-state index in [1.165, 1.54) is 0 Å². The number of likely N-dealkylation sites (N-methyl/N-ethyl adjacent to an activating group) is 1. The van der Waals surface area contributed by atoms with Crippen molar-refractivity contribution in [2.75, 3.05) is 33.8 Å². The van der Waals surface area contributed by atoms with E-state index in [0.29, 0.717) is 31.0 Å². The second kappa shape index (κ2) is 10.3. The standard InChI is InChI=1S/C28H34N2O4/c1-7-18-34-22-14-10-20(11-15-22)25(31)23-24(19-8-12-21(13-9-19)28(2,3)4)30(17-16-29(5)6)27(33)26(23)32/h7-15,24,31H,1,16-18H2,2-6H3/b25-23+/t24-/m0/s1. The first-order valence-corrected chi connectivity index (χ1v) is 11.4. The van der Waals surface area contributed by atoms with Gasteiger partial charge in [-0.3, -0.25) is 9.59 Å². The molecule has 1 aliphatic rings. The third-order valence-corrected chi connectivity index (χ3v) is 5.92. The van der Waals surface area contributed by atoms with Crippen LogP contribution in [0.4, 0.5) is 0 Å². The molecule has 1 amide bonds. The van der Waals surface area contributed by atoms with Gasteiger partial charge in [-0.25, -0.2) is 0 Å². The van der Waals surface area contributed by atoms with Crippen LogP contribution < -0.4 is 4.74 Å². The molecule has 0 radical (unpaired) electrons. The highest BCUT2D eigenvalue weighted by molar-refractivity contribution is 6.46. The molecule has 1 atom stereocenters. The van der Waals surface area contributed by atoms with Crippen molar-refractivity contribution in [3.8, 4) is 5.75 Å². The van der Waals surface area contributed by atoms with Crippen LogP contribution in [0.25, 0.3) is 5.76 Å². The van der Waals surface area contributed by atoms with Crippen molar-refractivity contribution in [2.24, 2.45) is 0 Å². The van der Waals surface area contributed by atoms with Crippen LogP contribution in [0, 0.1) is 0 Å². The number of ketones is 1. The Balaban J connectivity index is 2.07. The molecule has 1 fully saturated rings. The predicted octanol–water partition coefficient (Wildman–Crippen LogP) is 4.53. The molecule has 3 rings (SSSR count). The minimum atomic E-state index is -0.673. The number of amides is 1. The van der Waals surface area contributed by atoms with Gasteiger partial charge in [0.15, 0.2) is 0 Å². The van der Waals surface area contributed by atoms with Gasteiger partial charge in [0.25, 0.3) is 11.7 Å². The van der Waals surface area contributed by atoms with Gasteiger partial charge in [-0.15, -0.1) is 0 Å². The maximum Gasteiger partial charge on any atom is 0.295 e. The average molecular weight is 463 g/mol. The normalized spacial score (nSPS) is 17.9. The molecule has 0 saturated carbocycles. The van der Waals surface area contributed by atoms with Crippen LogP contribution in [0.3, 0.4) is 0 Å². The highest BCUT2D eigenvalue weighted by Crippen LogP contribution is 2.40. The first-order valence-electron chi connectivity index (χ1n) is 11.4. The van der Waals surface area contributed by atoms with Crippen molar-refractivity contribution in [3.63, 3.8) is 0 Å². The molecule has 180 valence electrons. The van der Waals surface area contributed by atoms with Crippen molar-refractivity contribution in [3.05, 3.63) is 83.4 Å². The molecular weight excluding hydrogens is 428 g/mol. The summed E-state index contributed by atoms with van der Waals surface area (Å²) in [5.74, 6) is -0.838. The Labute approximate surface area is 202 Å². The number of carbonyl (C=O) groups is 2. The number of ether oxygens (including phenoxy) is 1. The number of carbonyl (C=O) groups excluding carboxylic acids is 2. The topological polar surface area (TPSA) is 70.1 Å². The van der Waals surface area contributed by atoms with E-state index < -0.39 is 17.7 Å². The van der Waals surface area contributed by atoms with E-state index in [-0.39, 0.29) is 16.7 Å². The number of aliphatic hydroxyl groups is 1. The Hall–Kier alpha value is -3.38. The number of nitrogens with zero attached hydrogens (tertiary/aromatic N) is 2. The molecule has 6 nitrogen and oxygen atoms in total. The lowest BCUT2D eigenvalue weighted by atomic mass is 9.85. The van der Waals surface area contributed by atoms with Gasteiger partial charge in [0.1, 0.15) is 18.1 Å². The summed E-state index contributed by atoms with van der Waals surface area (Å²) in [5.41, 5.74) is 2.47. The lowest BCUT2D eigenvalue weighted by molar-refractivity contribution is -0.140. The monoisotopic (exact) mass is 462 g/mol. The summed E-state index contributed by atoms with van der Waals surface area (Å²) in [5, 5.41) is 11.2. The number of benzene rings is 2. The van der Waals surface area contributed by atoms with Crippen LogP contribution in [0.5, 0.6) is 5.75 Å². The Morgan fingerprint density at radius 3 is 2.24 bits per heavy atom. The molecule has 1 aliphatic heterocycles. The van der Waals surface area contributed by atoms with Crippen LogP contribution in [0.15, 0.2) is 66.8 Å². The quantitative estimate of drug-likeness (QED) is 0.270. The fourth-order valence-corrected chi connectivity index (χ4v) is 3.95. The largest absolute Gasteiger partial charge is 0.507 e. The van der Waals surface area contributed by atoms with E-state index >= 15 is 0 Å². The van der Waals surface area contributed by atoms with Crippen molar-refractivity contribution < 1.29 is 19.4 Å². The summed E-state index contributed by atoms with van der Waals surface area (Å²) in [6, 6.07) is 14.1. The van der Waals surface area contributed by atoms with Crippen molar-refractivity contribution in [1.82, 2.24) is 9.80 Å². The number of hydrogen-bond donors (Lipinski definition) is 1. The Bertz CT molecular complexity index is 1080. The summed E-state index contributed by atoms with van der Waals surface area (Å²) >= 11 is 0. The van der Waals surface area contributed by atoms with Crippen molar-refractivity contribution >= 4 is 17.4 Å². The summed E-state index contributed by atoms with van der Waals surface area (Å²) in [6.45, 7) is 11.4. The molecule has 0 aliphatic carbocycles. The maximum absolute atomic E-state index is 13.1. The Kier molecular flexibility index (Phi) is 7.62. The van der Waals surface area contributed by atoms with E-state index in [2.05, 4.69) is 27.4 Å². The van der Waals surface area contributed by atoms with E-state index in [0.717, 1.165) is 11.1 Å². The molecule has 0 spiro atoms. The van der Waals surface area contributed by atoms with Crippen LogP contribution in [0.1, 0.15) is 43.5 Å². The van der Waals surface area contributed by atoms with Gasteiger partial charge in [-0.1, -0.05) is 57.7 Å². The fraction of sp³-hybridized carbons (Fsp3) is 0.357. The highest BCUT2D eigenvalue weighted by atomic mass is 16.5. The zero-order chi connectivity index (χ0) is 25.0. The summed E-state index contributed by atoms with van der Waals surface area (Å²) in [4.78, 5) is 29.7. The number of aliphatic hydroxyl groups excluding tert-OH is 1. The summed E-state index contributed by atoms with van der Waals surface area (Å²) in [6.07, 6.45) is 1.65. The molecule has 1 saturated heterocycles. The Morgan fingerprint density at radius 1 is 1.09 bits per heavy atom. The second-order valence-electron chi connectivity index (χ2n) is 9.79. The van der Waals surface area contributed by atoms with Crippen LogP contribution in [0.2, 0.25) is 0 Å². The number of likely N-dealkylation sites (tertiary alicyclic amines) is 1. The molecule has 34 heavy (non-hydrogen) atoms. The molecular formula is C28H34N2O4. The first-order chi connectivity index (χ1) is 16.0. The third-order valence-electron chi connectivity index (χ3n) is 5.92. The molecule has 2 aromatic rings. The van der Waals surface area contributed by atoms with Crippen LogP contribution in [-0.2, 0) is 15.0 Å². The number of hydrogen-bond acceptors (Lipinski definition) is 5. The minimum Gasteiger partial charge on any atom is -0.507 e. The smallest absolute Gasteiger partial charge is 0.295 e.